The van der Waals surface area contributed by atoms with Gasteiger partial charge in [-0.3, -0.25) is 9.69 Å². The van der Waals surface area contributed by atoms with Crippen molar-refractivity contribution in [2.45, 2.75) is 45.7 Å². The minimum Gasteiger partial charge on any atom is -0.338 e. The fourth-order valence-electron chi connectivity index (χ4n) is 3.89. The van der Waals surface area contributed by atoms with Gasteiger partial charge in [0.1, 0.15) is 4.88 Å². The minimum absolute atomic E-state index is 0.176. The number of rotatable bonds is 2. The van der Waals surface area contributed by atoms with E-state index in [2.05, 4.69) is 21.3 Å². The van der Waals surface area contributed by atoms with Crippen molar-refractivity contribution in [1.29, 1.82) is 0 Å². The van der Waals surface area contributed by atoms with Gasteiger partial charge in [0.05, 0.1) is 10.7 Å². The number of aromatic nitrogens is 1. The van der Waals surface area contributed by atoms with Crippen molar-refractivity contribution in [1.82, 2.24) is 14.8 Å². The molecule has 4 heterocycles. The van der Waals surface area contributed by atoms with E-state index in [-0.39, 0.29) is 5.91 Å². The van der Waals surface area contributed by atoms with Crippen LogP contribution in [0.1, 0.15) is 43.7 Å². The van der Waals surface area contributed by atoms with Crippen LogP contribution in [0.25, 0.3) is 0 Å². The van der Waals surface area contributed by atoms with Crippen molar-refractivity contribution in [2.24, 2.45) is 0 Å². The van der Waals surface area contributed by atoms with Crippen molar-refractivity contribution < 1.29 is 4.79 Å². The second-order valence-corrected chi connectivity index (χ2v) is 8.96. The third kappa shape index (κ3) is 3.03. The highest BCUT2D eigenvalue weighted by Crippen LogP contribution is 2.29. The highest BCUT2D eigenvalue weighted by Gasteiger charge is 2.30. The lowest BCUT2D eigenvalue weighted by Gasteiger charge is -2.40. The molecule has 0 aromatic carbocycles. The van der Waals surface area contributed by atoms with E-state index in [1.165, 1.54) is 29.9 Å². The Morgan fingerprint density at radius 2 is 2.04 bits per heavy atom. The van der Waals surface area contributed by atoms with Crippen molar-refractivity contribution >= 4 is 28.6 Å². The normalized spacial score (nSPS) is 19.5. The zero-order valence-corrected chi connectivity index (χ0v) is 15.9. The molecule has 4 rings (SSSR count). The Morgan fingerprint density at radius 3 is 2.75 bits per heavy atom. The first-order valence-corrected chi connectivity index (χ1v) is 10.3. The molecule has 2 aromatic heterocycles. The largest absolute Gasteiger partial charge is 0.338 e. The summed E-state index contributed by atoms with van der Waals surface area (Å²) in [5.41, 5.74) is 2.39. The van der Waals surface area contributed by atoms with Gasteiger partial charge in [-0.2, -0.15) is 0 Å². The molecule has 24 heavy (non-hydrogen) atoms. The van der Waals surface area contributed by atoms with Gasteiger partial charge in [0.15, 0.2) is 0 Å². The number of nitrogens with zero attached hydrogens (tertiary/aromatic N) is 3. The van der Waals surface area contributed by atoms with Gasteiger partial charge in [0.25, 0.3) is 5.91 Å². The molecule has 0 radical (unpaired) electrons. The van der Waals surface area contributed by atoms with Gasteiger partial charge in [0, 0.05) is 37.1 Å². The molecule has 0 spiro atoms. The second-order valence-electron chi connectivity index (χ2n) is 6.76. The maximum absolute atomic E-state index is 12.7. The van der Waals surface area contributed by atoms with E-state index in [4.69, 9.17) is 0 Å². The molecular formula is C18H23N3OS2. The minimum atomic E-state index is 0.176. The van der Waals surface area contributed by atoms with Crippen LogP contribution in [0.15, 0.2) is 11.4 Å². The monoisotopic (exact) mass is 361 g/mol. The van der Waals surface area contributed by atoms with Crippen LogP contribution in [-0.4, -0.2) is 46.4 Å². The third-order valence-electron chi connectivity index (χ3n) is 5.20. The summed E-state index contributed by atoms with van der Waals surface area (Å²) in [7, 11) is 0. The summed E-state index contributed by atoms with van der Waals surface area (Å²) in [5.74, 6) is 0.176. The maximum atomic E-state index is 12.7. The van der Waals surface area contributed by atoms with Crippen molar-refractivity contribution in [3.8, 4) is 0 Å². The summed E-state index contributed by atoms with van der Waals surface area (Å²) in [5, 5.41) is 3.19. The van der Waals surface area contributed by atoms with Gasteiger partial charge < -0.3 is 4.90 Å². The van der Waals surface area contributed by atoms with Crippen molar-refractivity contribution in [3.05, 3.63) is 37.5 Å². The van der Waals surface area contributed by atoms with Gasteiger partial charge >= 0.3 is 0 Å². The summed E-state index contributed by atoms with van der Waals surface area (Å²) < 4.78 is 0. The van der Waals surface area contributed by atoms with Crippen LogP contribution < -0.4 is 0 Å². The first-order chi connectivity index (χ1) is 11.6. The fraction of sp³-hybridized carbons (Fsp3) is 0.556. The smallest absolute Gasteiger partial charge is 0.265 e. The van der Waals surface area contributed by atoms with E-state index in [9.17, 15) is 4.79 Å². The Kier molecular flexibility index (Phi) is 4.45. The Bertz CT molecular complexity index is 743. The highest BCUT2D eigenvalue weighted by atomic mass is 32.1. The molecule has 0 bridgehead atoms. The van der Waals surface area contributed by atoms with Gasteiger partial charge in [-0.1, -0.05) is 0 Å². The number of carbonyl (C=O) groups is 1. The van der Waals surface area contributed by atoms with Gasteiger partial charge in [-0.05, 0) is 50.1 Å². The van der Waals surface area contributed by atoms with Crippen LogP contribution >= 0.6 is 22.7 Å². The average molecular weight is 362 g/mol. The molecule has 1 amide bonds. The number of aryl methyl sites for hydroxylation is 2. The number of thiazole rings is 1. The van der Waals surface area contributed by atoms with E-state index in [1.807, 2.05) is 30.1 Å². The number of amides is 1. The van der Waals surface area contributed by atoms with Gasteiger partial charge in [-0.25, -0.2) is 4.98 Å². The number of hydrogen-bond acceptors (Lipinski definition) is 5. The van der Waals surface area contributed by atoms with Crippen molar-refractivity contribution in [3.63, 3.8) is 0 Å². The lowest BCUT2D eigenvalue weighted by atomic mass is 9.99. The van der Waals surface area contributed by atoms with E-state index in [1.54, 1.807) is 4.88 Å². The molecule has 4 nitrogen and oxygen atoms in total. The van der Waals surface area contributed by atoms with Crippen LogP contribution in [0, 0.1) is 13.8 Å². The number of thiophene rings is 1. The molecule has 1 fully saturated rings. The Morgan fingerprint density at radius 1 is 1.25 bits per heavy atom. The Labute approximate surface area is 151 Å². The first-order valence-electron chi connectivity index (χ1n) is 8.64. The van der Waals surface area contributed by atoms with E-state index >= 15 is 0 Å². The number of likely N-dealkylation sites (tertiary alicyclic amines) is 1. The van der Waals surface area contributed by atoms with Gasteiger partial charge in [0.2, 0.25) is 0 Å². The SMILES string of the molecule is Cc1nc(C)c(C(=O)N2CCC(N3CCc4sccc4C3)CC2)s1. The Balaban J connectivity index is 1.37. The highest BCUT2D eigenvalue weighted by molar-refractivity contribution is 7.13. The molecule has 2 aliphatic rings. The molecule has 1 saturated heterocycles. The number of hydrogen-bond donors (Lipinski definition) is 0. The summed E-state index contributed by atoms with van der Waals surface area (Å²) in [6.07, 6.45) is 3.36. The lowest BCUT2D eigenvalue weighted by molar-refractivity contribution is 0.0604. The zero-order valence-electron chi connectivity index (χ0n) is 14.2. The molecule has 0 saturated carbocycles. The van der Waals surface area contributed by atoms with E-state index in [0.717, 1.165) is 48.1 Å². The summed E-state index contributed by atoms with van der Waals surface area (Å²) in [6.45, 7) is 7.90. The average Bonchev–Trinajstić information content (AvgIpc) is 3.19. The number of carbonyl (C=O) groups excluding carboxylic acids is 1. The van der Waals surface area contributed by atoms with Crippen LogP contribution in [0.5, 0.6) is 0 Å². The number of piperidine rings is 1. The van der Waals surface area contributed by atoms with Crippen LogP contribution in [0.3, 0.4) is 0 Å². The summed E-state index contributed by atoms with van der Waals surface area (Å²) >= 11 is 3.42. The lowest BCUT2D eigenvalue weighted by Crippen LogP contribution is -2.47. The third-order valence-corrected chi connectivity index (χ3v) is 7.29. The summed E-state index contributed by atoms with van der Waals surface area (Å²) in [4.78, 5) is 24.2. The maximum Gasteiger partial charge on any atom is 0.265 e. The van der Waals surface area contributed by atoms with Crippen molar-refractivity contribution in [2.75, 3.05) is 19.6 Å². The van der Waals surface area contributed by atoms with Crippen LogP contribution in [0.4, 0.5) is 0 Å². The van der Waals surface area contributed by atoms with E-state index < -0.39 is 0 Å². The predicted molar refractivity (Wildman–Crippen MR) is 98.9 cm³/mol. The molecule has 6 heteroatoms. The molecule has 0 aliphatic carbocycles. The molecule has 2 aliphatic heterocycles. The first kappa shape index (κ1) is 16.2. The topological polar surface area (TPSA) is 36.4 Å². The second kappa shape index (κ2) is 6.58. The standard InChI is InChI=1S/C18H23N3OS2/c1-12-17(24-13(2)19-12)18(22)20-7-3-15(4-8-20)21-9-5-16-14(11-21)6-10-23-16/h6,10,15H,3-5,7-9,11H2,1-2H3. The Hall–Kier alpha value is -1.24. The van der Waals surface area contributed by atoms with Crippen LogP contribution in [-0.2, 0) is 13.0 Å². The molecule has 0 N–H and O–H groups in total. The van der Waals surface area contributed by atoms with Gasteiger partial charge in [-0.15, -0.1) is 22.7 Å². The zero-order chi connectivity index (χ0) is 16.7. The molecule has 0 atom stereocenters. The molecular weight excluding hydrogens is 338 g/mol. The summed E-state index contributed by atoms with van der Waals surface area (Å²) in [6, 6.07) is 2.89. The predicted octanol–water partition coefficient (Wildman–Crippen LogP) is 3.48. The fourth-order valence-corrected chi connectivity index (χ4v) is 5.67. The van der Waals surface area contributed by atoms with E-state index in [0.29, 0.717) is 6.04 Å². The molecule has 2 aromatic rings. The number of fused-ring (bicyclic) bond motifs is 1. The molecule has 128 valence electrons. The quantitative estimate of drug-likeness (QED) is 0.822. The van der Waals surface area contributed by atoms with Crippen LogP contribution in [0.2, 0.25) is 0 Å². The molecule has 0 unspecified atom stereocenters.